The molecule has 0 bridgehead atoms. The lowest BCUT2D eigenvalue weighted by Gasteiger charge is -2.17. The third kappa shape index (κ3) is 3.73. The molecule has 106 valence electrons. The lowest BCUT2D eigenvalue weighted by atomic mass is 10.1. The van der Waals surface area contributed by atoms with E-state index in [2.05, 4.69) is 21.2 Å². The Bertz CT molecular complexity index is 588. The molecule has 0 radical (unpaired) electrons. The molecular formula is C16H17BrFNO. The van der Waals surface area contributed by atoms with E-state index < -0.39 is 0 Å². The van der Waals surface area contributed by atoms with Crippen molar-refractivity contribution in [3.63, 3.8) is 0 Å². The van der Waals surface area contributed by atoms with Crippen molar-refractivity contribution in [2.45, 2.75) is 19.4 Å². The van der Waals surface area contributed by atoms with E-state index in [0.717, 1.165) is 22.2 Å². The largest absolute Gasteiger partial charge is 0.496 e. The first-order valence-electron chi connectivity index (χ1n) is 6.43. The van der Waals surface area contributed by atoms with Crippen LogP contribution >= 0.6 is 15.9 Å². The Kier molecular flexibility index (Phi) is 5.01. The van der Waals surface area contributed by atoms with Crippen LogP contribution in [0, 0.1) is 5.82 Å². The van der Waals surface area contributed by atoms with E-state index in [1.807, 2.05) is 37.3 Å². The molecule has 20 heavy (non-hydrogen) atoms. The van der Waals surface area contributed by atoms with Gasteiger partial charge in [-0.2, -0.15) is 0 Å². The Morgan fingerprint density at radius 2 is 2.00 bits per heavy atom. The molecule has 2 nitrogen and oxygen atoms in total. The van der Waals surface area contributed by atoms with E-state index in [9.17, 15) is 4.39 Å². The van der Waals surface area contributed by atoms with Crippen molar-refractivity contribution in [1.29, 1.82) is 0 Å². The molecule has 1 N–H and O–H groups in total. The van der Waals surface area contributed by atoms with Gasteiger partial charge in [-0.3, -0.25) is 0 Å². The molecule has 0 aliphatic rings. The maximum absolute atomic E-state index is 13.8. The SMILES string of the molecule is COc1ccccc1CC(C)Nc1ccc(Br)cc1F. The van der Waals surface area contributed by atoms with Gasteiger partial charge >= 0.3 is 0 Å². The number of rotatable bonds is 5. The third-order valence-electron chi connectivity index (χ3n) is 3.05. The van der Waals surface area contributed by atoms with Crippen LogP contribution in [0.15, 0.2) is 46.9 Å². The number of benzene rings is 2. The summed E-state index contributed by atoms with van der Waals surface area (Å²) in [6, 6.07) is 13.0. The first-order chi connectivity index (χ1) is 9.60. The van der Waals surface area contributed by atoms with Crippen LogP contribution in [0.3, 0.4) is 0 Å². The molecule has 1 unspecified atom stereocenters. The van der Waals surface area contributed by atoms with Crippen molar-refractivity contribution in [2.24, 2.45) is 0 Å². The van der Waals surface area contributed by atoms with Gasteiger partial charge in [-0.1, -0.05) is 34.1 Å². The standard InChI is InChI=1S/C16H17BrFNO/c1-11(9-12-5-3-4-6-16(12)20-2)19-15-8-7-13(17)10-14(15)18/h3-8,10-11,19H,9H2,1-2H3. The number of ether oxygens (including phenoxy) is 1. The number of para-hydroxylation sites is 1. The predicted octanol–water partition coefficient (Wildman–Crippen LogP) is 4.64. The van der Waals surface area contributed by atoms with Crippen molar-refractivity contribution in [3.05, 3.63) is 58.3 Å². The smallest absolute Gasteiger partial charge is 0.147 e. The van der Waals surface area contributed by atoms with E-state index in [4.69, 9.17) is 4.74 Å². The van der Waals surface area contributed by atoms with E-state index in [0.29, 0.717) is 5.69 Å². The topological polar surface area (TPSA) is 21.3 Å². The molecule has 0 spiro atoms. The summed E-state index contributed by atoms with van der Waals surface area (Å²) < 4.78 is 19.8. The average Bonchev–Trinajstić information content (AvgIpc) is 2.42. The molecule has 1 atom stereocenters. The van der Waals surface area contributed by atoms with Crippen LogP contribution in [0.5, 0.6) is 5.75 Å². The molecule has 4 heteroatoms. The van der Waals surface area contributed by atoms with Crippen molar-refractivity contribution < 1.29 is 9.13 Å². The second-order valence-electron chi connectivity index (χ2n) is 4.69. The van der Waals surface area contributed by atoms with E-state index in [1.54, 1.807) is 13.2 Å². The molecule has 0 saturated carbocycles. The molecule has 0 aliphatic heterocycles. The molecule has 0 amide bonds. The zero-order chi connectivity index (χ0) is 14.5. The first-order valence-corrected chi connectivity index (χ1v) is 7.23. The molecule has 0 aromatic heterocycles. The fourth-order valence-electron chi connectivity index (χ4n) is 2.12. The number of methoxy groups -OCH3 is 1. The second-order valence-corrected chi connectivity index (χ2v) is 5.60. The van der Waals surface area contributed by atoms with Gasteiger partial charge in [0, 0.05) is 10.5 Å². The zero-order valence-corrected chi connectivity index (χ0v) is 13.1. The fraction of sp³-hybridized carbons (Fsp3) is 0.250. The van der Waals surface area contributed by atoms with Crippen LogP contribution in [0.25, 0.3) is 0 Å². The van der Waals surface area contributed by atoms with Gasteiger partial charge in [0.25, 0.3) is 0 Å². The molecule has 2 aromatic rings. The summed E-state index contributed by atoms with van der Waals surface area (Å²) in [5.41, 5.74) is 1.61. The predicted molar refractivity (Wildman–Crippen MR) is 83.9 cm³/mol. The summed E-state index contributed by atoms with van der Waals surface area (Å²) >= 11 is 3.25. The molecule has 0 heterocycles. The third-order valence-corrected chi connectivity index (χ3v) is 3.54. The van der Waals surface area contributed by atoms with Gasteiger partial charge < -0.3 is 10.1 Å². The molecule has 0 aliphatic carbocycles. The molecular weight excluding hydrogens is 321 g/mol. The van der Waals surface area contributed by atoms with Crippen LogP contribution < -0.4 is 10.1 Å². The Morgan fingerprint density at radius 3 is 2.70 bits per heavy atom. The quantitative estimate of drug-likeness (QED) is 0.858. The minimum Gasteiger partial charge on any atom is -0.496 e. The number of halogens is 2. The minimum atomic E-state index is -0.258. The minimum absolute atomic E-state index is 0.0991. The Balaban J connectivity index is 2.07. The van der Waals surface area contributed by atoms with Gasteiger partial charge in [0.05, 0.1) is 12.8 Å². The molecule has 0 saturated heterocycles. The van der Waals surface area contributed by atoms with E-state index in [1.165, 1.54) is 6.07 Å². The van der Waals surface area contributed by atoms with Crippen molar-refractivity contribution in [3.8, 4) is 5.75 Å². The van der Waals surface area contributed by atoms with Gasteiger partial charge in [0.2, 0.25) is 0 Å². The van der Waals surface area contributed by atoms with Crippen molar-refractivity contribution in [2.75, 3.05) is 12.4 Å². The van der Waals surface area contributed by atoms with E-state index >= 15 is 0 Å². The summed E-state index contributed by atoms with van der Waals surface area (Å²) in [6.45, 7) is 2.02. The Hall–Kier alpha value is -1.55. The summed E-state index contributed by atoms with van der Waals surface area (Å²) in [4.78, 5) is 0. The van der Waals surface area contributed by atoms with Crippen molar-refractivity contribution in [1.82, 2.24) is 0 Å². The number of hydrogen-bond acceptors (Lipinski definition) is 2. The fourth-order valence-corrected chi connectivity index (χ4v) is 2.46. The normalized spacial score (nSPS) is 12.0. The Morgan fingerprint density at radius 1 is 1.25 bits per heavy atom. The second kappa shape index (κ2) is 6.75. The van der Waals surface area contributed by atoms with Crippen LogP contribution in [0.2, 0.25) is 0 Å². The Labute approximate surface area is 127 Å². The van der Waals surface area contributed by atoms with Gasteiger partial charge in [-0.05, 0) is 43.2 Å². The van der Waals surface area contributed by atoms with Gasteiger partial charge in [0.15, 0.2) is 0 Å². The van der Waals surface area contributed by atoms with Crippen LogP contribution in [-0.4, -0.2) is 13.2 Å². The maximum atomic E-state index is 13.8. The zero-order valence-electron chi connectivity index (χ0n) is 11.5. The van der Waals surface area contributed by atoms with Crippen LogP contribution in [-0.2, 0) is 6.42 Å². The lowest BCUT2D eigenvalue weighted by Crippen LogP contribution is -2.19. The highest BCUT2D eigenvalue weighted by molar-refractivity contribution is 9.10. The highest BCUT2D eigenvalue weighted by Gasteiger charge is 2.10. The van der Waals surface area contributed by atoms with Crippen LogP contribution in [0.1, 0.15) is 12.5 Å². The van der Waals surface area contributed by atoms with E-state index in [-0.39, 0.29) is 11.9 Å². The lowest BCUT2D eigenvalue weighted by molar-refractivity contribution is 0.409. The number of anilines is 1. The highest BCUT2D eigenvalue weighted by Crippen LogP contribution is 2.23. The molecule has 2 rings (SSSR count). The number of nitrogens with one attached hydrogen (secondary N) is 1. The average molecular weight is 338 g/mol. The number of hydrogen-bond donors (Lipinski definition) is 1. The van der Waals surface area contributed by atoms with Gasteiger partial charge in [0.1, 0.15) is 11.6 Å². The first kappa shape index (κ1) is 14.9. The summed E-state index contributed by atoms with van der Waals surface area (Å²) in [7, 11) is 1.66. The van der Waals surface area contributed by atoms with Gasteiger partial charge in [-0.15, -0.1) is 0 Å². The summed E-state index contributed by atoms with van der Waals surface area (Å²) in [5, 5.41) is 3.19. The highest BCUT2D eigenvalue weighted by atomic mass is 79.9. The maximum Gasteiger partial charge on any atom is 0.147 e. The summed E-state index contributed by atoms with van der Waals surface area (Å²) in [5.74, 6) is 0.601. The molecule has 2 aromatic carbocycles. The van der Waals surface area contributed by atoms with Crippen LogP contribution in [0.4, 0.5) is 10.1 Å². The monoisotopic (exact) mass is 337 g/mol. The summed E-state index contributed by atoms with van der Waals surface area (Å²) in [6.07, 6.45) is 0.763. The molecule has 0 fully saturated rings. The van der Waals surface area contributed by atoms with Crippen molar-refractivity contribution >= 4 is 21.6 Å². The van der Waals surface area contributed by atoms with Gasteiger partial charge in [-0.25, -0.2) is 4.39 Å².